The molecule has 1 aromatic carbocycles. The molecular formula is C18H28ClN3O2. The summed E-state index contributed by atoms with van der Waals surface area (Å²) in [6, 6.07) is 6.96. The van der Waals surface area contributed by atoms with Crippen LogP contribution in [0.15, 0.2) is 24.3 Å². The Morgan fingerprint density at radius 2 is 1.83 bits per heavy atom. The minimum absolute atomic E-state index is 0. The molecule has 0 saturated heterocycles. The van der Waals surface area contributed by atoms with Gasteiger partial charge < -0.3 is 16.4 Å². The van der Waals surface area contributed by atoms with E-state index in [4.69, 9.17) is 5.73 Å². The Balaban J connectivity index is 0.00000288. The minimum Gasteiger partial charge on any atom is -0.348 e. The number of hydrogen-bond donors (Lipinski definition) is 3. The van der Waals surface area contributed by atoms with E-state index < -0.39 is 0 Å². The van der Waals surface area contributed by atoms with Crippen LogP contribution in [-0.2, 0) is 4.79 Å². The van der Waals surface area contributed by atoms with E-state index in [1.807, 2.05) is 0 Å². The number of nitrogens with one attached hydrogen (secondary N) is 2. The molecule has 0 bridgehead atoms. The lowest BCUT2D eigenvalue weighted by Crippen LogP contribution is -2.41. The first-order chi connectivity index (χ1) is 10.9. The molecule has 4 N–H and O–H groups in total. The maximum atomic E-state index is 12.2. The van der Waals surface area contributed by atoms with Gasteiger partial charge in [-0.05, 0) is 48.9 Å². The normalized spacial score (nSPS) is 20.0. The van der Waals surface area contributed by atoms with Gasteiger partial charge in [0.1, 0.15) is 0 Å². The lowest BCUT2D eigenvalue weighted by molar-refractivity contribution is -0.117. The molecule has 0 heterocycles. The number of amides is 2. The SMILES string of the molecule is CC(C)CC(CN)NC(=O)c1ccc(NC(=O)C2CC2C)cc1.Cl. The van der Waals surface area contributed by atoms with Crippen LogP contribution in [0.4, 0.5) is 5.69 Å². The summed E-state index contributed by atoms with van der Waals surface area (Å²) in [5.41, 5.74) is 7.01. The number of nitrogens with two attached hydrogens (primary N) is 1. The summed E-state index contributed by atoms with van der Waals surface area (Å²) < 4.78 is 0. The van der Waals surface area contributed by atoms with E-state index in [0.717, 1.165) is 18.5 Å². The third-order valence-electron chi connectivity index (χ3n) is 4.24. The Hall–Kier alpha value is -1.59. The van der Waals surface area contributed by atoms with Crippen molar-refractivity contribution < 1.29 is 9.59 Å². The van der Waals surface area contributed by atoms with Gasteiger partial charge in [-0.15, -0.1) is 12.4 Å². The van der Waals surface area contributed by atoms with Crippen molar-refractivity contribution >= 4 is 29.9 Å². The average molecular weight is 354 g/mol. The number of hydrogen-bond acceptors (Lipinski definition) is 3. The summed E-state index contributed by atoms with van der Waals surface area (Å²) in [5.74, 6) is 1.03. The molecule has 1 aromatic rings. The van der Waals surface area contributed by atoms with Crippen molar-refractivity contribution in [3.63, 3.8) is 0 Å². The zero-order chi connectivity index (χ0) is 17.0. The fourth-order valence-corrected chi connectivity index (χ4v) is 2.68. The quantitative estimate of drug-likeness (QED) is 0.704. The molecule has 2 rings (SSSR count). The van der Waals surface area contributed by atoms with E-state index in [-0.39, 0.29) is 36.2 Å². The average Bonchev–Trinajstić information content (AvgIpc) is 3.23. The second-order valence-corrected chi connectivity index (χ2v) is 6.92. The predicted molar refractivity (Wildman–Crippen MR) is 99.4 cm³/mol. The number of carbonyl (C=O) groups is 2. The van der Waals surface area contributed by atoms with Crippen molar-refractivity contribution in [2.45, 2.75) is 39.7 Å². The number of rotatable bonds is 7. The first kappa shape index (κ1) is 20.5. The van der Waals surface area contributed by atoms with Crippen LogP contribution >= 0.6 is 12.4 Å². The second kappa shape index (κ2) is 9.04. The molecule has 0 spiro atoms. The molecule has 5 nitrogen and oxygen atoms in total. The summed E-state index contributed by atoms with van der Waals surface area (Å²) in [5, 5.41) is 5.85. The van der Waals surface area contributed by atoms with Crippen molar-refractivity contribution in [2.75, 3.05) is 11.9 Å². The van der Waals surface area contributed by atoms with E-state index in [0.29, 0.717) is 23.9 Å². The third kappa shape index (κ3) is 5.80. The largest absolute Gasteiger partial charge is 0.348 e. The van der Waals surface area contributed by atoms with Crippen LogP contribution in [0.3, 0.4) is 0 Å². The Morgan fingerprint density at radius 3 is 2.29 bits per heavy atom. The van der Waals surface area contributed by atoms with Gasteiger partial charge >= 0.3 is 0 Å². The minimum atomic E-state index is -0.130. The van der Waals surface area contributed by atoms with Crippen LogP contribution in [0.1, 0.15) is 44.0 Å². The van der Waals surface area contributed by atoms with Crippen LogP contribution in [0.25, 0.3) is 0 Å². The fraction of sp³-hybridized carbons (Fsp3) is 0.556. The van der Waals surface area contributed by atoms with E-state index in [1.54, 1.807) is 24.3 Å². The van der Waals surface area contributed by atoms with Crippen molar-refractivity contribution in [1.82, 2.24) is 5.32 Å². The fourth-order valence-electron chi connectivity index (χ4n) is 2.68. The van der Waals surface area contributed by atoms with E-state index in [2.05, 4.69) is 31.4 Å². The zero-order valence-corrected chi connectivity index (χ0v) is 15.4. The van der Waals surface area contributed by atoms with Crippen LogP contribution in [-0.4, -0.2) is 24.4 Å². The summed E-state index contributed by atoms with van der Waals surface area (Å²) >= 11 is 0. The van der Waals surface area contributed by atoms with E-state index in [1.165, 1.54) is 0 Å². The first-order valence-electron chi connectivity index (χ1n) is 8.32. The molecule has 3 unspecified atom stereocenters. The smallest absolute Gasteiger partial charge is 0.251 e. The van der Waals surface area contributed by atoms with Gasteiger partial charge in [-0.1, -0.05) is 20.8 Å². The van der Waals surface area contributed by atoms with Crippen LogP contribution in [0.2, 0.25) is 0 Å². The molecule has 1 fully saturated rings. The monoisotopic (exact) mass is 353 g/mol. The van der Waals surface area contributed by atoms with Gasteiger partial charge in [-0.3, -0.25) is 9.59 Å². The highest BCUT2D eigenvalue weighted by atomic mass is 35.5. The molecule has 6 heteroatoms. The third-order valence-corrected chi connectivity index (χ3v) is 4.24. The molecule has 0 aliphatic heterocycles. The Morgan fingerprint density at radius 1 is 1.25 bits per heavy atom. The second-order valence-electron chi connectivity index (χ2n) is 6.92. The van der Waals surface area contributed by atoms with E-state index >= 15 is 0 Å². The molecular weight excluding hydrogens is 326 g/mol. The Bertz CT molecular complexity index is 560. The molecule has 1 aliphatic rings. The molecule has 0 radical (unpaired) electrons. The topological polar surface area (TPSA) is 84.2 Å². The van der Waals surface area contributed by atoms with Crippen LogP contribution < -0.4 is 16.4 Å². The predicted octanol–water partition coefficient (Wildman–Crippen LogP) is 2.81. The van der Waals surface area contributed by atoms with Gasteiger partial charge in [0.2, 0.25) is 5.91 Å². The molecule has 1 aliphatic carbocycles. The lowest BCUT2D eigenvalue weighted by atomic mass is 10.0. The number of halogens is 1. The van der Waals surface area contributed by atoms with Gasteiger partial charge in [0.05, 0.1) is 0 Å². The standard InChI is InChI=1S/C18H27N3O2.ClH/c1-11(2)8-15(10-19)21-17(22)13-4-6-14(7-5-13)20-18(23)16-9-12(16)3;/h4-7,11-12,15-16H,8-10,19H2,1-3H3,(H,20,23)(H,21,22);1H. The van der Waals surface area contributed by atoms with Crippen molar-refractivity contribution in [2.24, 2.45) is 23.5 Å². The number of anilines is 1. The number of benzene rings is 1. The highest BCUT2D eigenvalue weighted by molar-refractivity contribution is 5.97. The maximum Gasteiger partial charge on any atom is 0.251 e. The Kier molecular flexibility index (Phi) is 7.70. The van der Waals surface area contributed by atoms with Crippen LogP contribution in [0, 0.1) is 17.8 Å². The summed E-state index contributed by atoms with van der Waals surface area (Å²) in [7, 11) is 0. The van der Waals surface area contributed by atoms with Gasteiger partial charge in [-0.25, -0.2) is 0 Å². The van der Waals surface area contributed by atoms with Crippen molar-refractivity contribution in [3.8, 4) is 0 Å². The van der Waals surface area contributed by atoms with Gasteiger partial charge in [-0.2, -0.15) is 0 Å². The molecule has 134 valence electrons. The van der Waals surface area contributed by atoms with Crippen LogP contribution in [0.5, 0.6) is 0 Å². The van der Waals surface area contributed by atoms with E-state index in [9.17, 15) is 9.59 Å². The molecule has 24 heavy (non-hydrogen) atoms. The highest BCUT2D eigenvalue weighted by Gasteiger charge is 2.39. The maximum absolute atomic E-state index is 12.2. The summed E-state index contributed by atoms with van der Waals surface area (Å²) in [4.78, 5) is 24.1. The summed E-state index contributed by atoms with van der Waals surface area (Å²) in [6.07, 6.45) is 1.82. The Labute approximate surface area is 150 Å². The first-order valence-corrected chi connectivity index (χ1v) is 8.32. The zero-order valence-electron chi connectivity index (χ0n) is 14.5. The van der Waals surface area contributed by atoms with Crippen molar-refractivity contribution in [1.29, 1.82) is 0 Å². The highest BCUT2D eigenvalue weighted by Crippen LogP contribution is 2.38. The van der Waals surface area contributed by atoms with Gasteiger partial charge in [0, 0.05) is 29.8 Å². The van der Waals surface area contributed by atoms with Gasteiger partial charge in [0.25, 0.3) is 5.91 Å². The summed E-state index contributed by atoms with van der Waals surface area (Å²) in [6.45, 7) is 6.71. The molecule has 0 aromatic heterocycles. The lowest BCUT2D eigenvalue weighted by Gasteiger charge is -2.18. The molecule has 3 atom stereocenters. The number of carbonyl (C=O) groups excluding carboxylic acids is 2. The van der Waals surface area contributed by atoms with Crippen molar-refractivity contribution in [3.05, 3.63) is 29.8 Å². The van der Waals surface area contributed by atoms with Gasteiger partial charge in [0.15, 0.2) is 0 Å². The molecule has 2 amide bonds. The molecule has 1 saturated carbocycles.